The minimum absolute atomic E-state index is 0.333. The van der Waals surface area contributed by atoms with Crippen LogP contribution >= 0.6 is 0 Å². The Morgan fingerprint density at radius 2 is 1.41 bits per heavy atom. The molecule has 0 aliphatic rings. The summed E-state index contributed by atoms with van der Waals surface area (Å²) in [4.78, 5) is 12.4. The minimum atomic E-state index is -0.333. The predicted molar refractivity (Wildman–Crippen MR) is 116 cm³/mol. The summed E-state index contributed by atoms with van der Waals surface area (Å²) in [5.74, 6) is -0.333. The summed E-state index contributed by atoms with van der Waals surface area (Å²) in [6.07, 6.45) is 0. The lowest BCUT2D eigenvalue weighted by Crippen LogP contribution is -2.19. The van der Waals surface area contributed by atoms with Crippen molar-refractivity contribution in [1.29, 1.82) is 0 Å². The Balaban J connectivity index is 1.46. The van der Waals surface area contributed by atoms with Crippen molar-refractivity contribution in [3.05, 3.63) is 102 Å². The molecule has 0 bridgehead atoms. The van der Waals surface area contributed by atoms with Gasteiger partial charge in [0.25, 0.3) is 5.91 Å². The molecule has 5 heteroatoms. The summed E-state index contributed by atoms with van der Waals surface area (Å²) in [6.45, 7) is 1.85. The summed E-state index contributed by atoms with van der Waals surface area (Å²) in [6, 6.07) is 29.7. The average Bonchev–Trinajstić information content (AvgIpc) is 3.29. The summed E-state index contributed by atoms with van der Waals surface area (Å²) in [5, 5.41) is 11.2. The molecule has 0 aliphatic carbocycles. The number of benzene rings is 3. The minimum Gasteiger partial charge on any atom is -0.272 e. The maximum Gasteiger partial charge on any atom is 0.289 e. The highest BCUT2D eigenvalue weighted by Crippen LogP contribution is 2.24. The van der Waals surface area contributed by atoms with E-state index in [0.29, 0.717) is 11.4 Å². The molecule has 29 heavy (non-hydrogen) atoms. The van der Waals surface area contributed by atoms with Crippen molar-refractivity contribution >= 4 is 11.6 Å². The van der Waals surface area contributed by atoms with Gasteiger partial charge in [-0.25, -0.2) is 5.43 Å². The first kappa shape index (κ1) is 18.4. The molecule has 0 fully saturated rings. The SMILES string of the molecule is C/C(=N\NC(=O)c1cc(-c2ccc(-c3ccccc3)cc2)n[nH]1)c1ccccc1. The summed E-state index contributed by atoms with van der Waals surface area (Å²) >= 11 is 0. The van der Waals surface area contributed by atoms with Crippen LogP contribution in [-0.4, -0.2) is 21.8 Å². The van der Waals surface area contributed by atoms with Crippen molar-refractivity contribution in [2.45, 2.75) is 6.92 Å². The summed E-state index contributed by atoms with van der Waals surface area (Å²) < 4.78 is 0. The van der Waals surface area contributed by atoms with Gasteiger partial charge in [0.1, 0.15) is 5.69 Å². The molecular weight excluding hydrogens is 360 g/mol. The van der Waals surface area contributed by atoms with Crippen LogP contribution in [0.2, 0.25) is 0 Å². The van der Waals surface area contributed by atoms with Crippen molar-refractivity contribution in [2.24, 2.45) is 5.10 Å². The molecule has 0 unspecified atom stereocenters. The number of rotatable bonds is 5. The van der Waals surface area contributed by atoms with Gasteiger partial charge in [-0.1, -0.05) is 84.9 Å². The molecule has 0 aliphatic heterocycles. The smallest absolute Gasteiger partial charge is 0.272 e. The number of H-pyrrole nitrogens is 1. The summed E-state index contributed by atoms with van der Waals surface area (Å²) in [7, 11) is 0. The number of aromatic amines is 1. The van der Waals surface area contributed by atoms with Gasteiger partial charge in [-0.3, -0.25) is 9.89 Å². The molecule has 3 aromatic carbocycles. The number of amides is 1. The fraction of sp³-hybridized carbons (Fsp3) is 0.0417. The Bertz CT molecular complexity index is 1130. The van der Waals surface area contributed by atoms with Crippen molar-refractivity contribution in [2.75, 3.05) is 0 Å². The second-order valence-electron chi connectivity index (χ2n) is 6.61. The molecule has 2 N–H and O–H groups in total. The van der Waals surface area contributed by atoms with Crippen LogP contribution in [0.15, 0.2) is 96.1 Å². The van der Waals surface area contributed by atoms with Crippen LogP contribution in [0.5, 0.6) is 0 Å². The molecule has 0 atom stereocenters. The normalized spacial score (nSPS) is 11.3. The molecule has 0 radical (unpaired) electrons. The molecular formula is C24H20N4O. The standard InChI is InChI=1S/C24H20N4O/c1-17(18-8-4-2-5-9-18)25-28-24(29)23-16-22(26-27-23)21-14-12-20(13-15-21)19-10-6-3-7-11-19/h2-16H,1H3,(H,26,27)(H,28,29)/b25-17+. The molecule has 4 aromatic rings. The van der Waals surface area contributed by atoms with Crippen LogP contribution < -0.4 is 5.43 Å². The van der Waals surface area contributed by atoms with Crippen molar-refractivity contribution in [3.8, 4) is 22.4 Å². The van der Waals surface area contributed by atoms with E-state index in [4.69, 9.17) is 0 Å². The Kier molecular flexibility index (Phi) is 5.29. The van der Waals surface area contributed by atoms with Gasteiger partial charge >= 0.3 is 0 Å². The molecule has 1 amide bonds. The number of carbonyl (C=O) groups is 1. The third kappa shape index (κ3) is 4.30. The topological polar surface area (TPSA) is 70.1 Å². The highest BCUT2D eigenvalue weighted by Gasteiger charge is 2.11. The van der Waals surface area contributed by atoms with Gasteiger partial charge in [0, 0.05) is 5.56 Å². The first-order valence-electron chi connectivity index (χ1n) is 9.32. The number of hydrazone groups is 1. The van der Waals surface area contributed by atoms with E-state index >= 15 is 0 Å². The number of aromatic nitrogens is 2. The number of nitrogens with one attached hydrogen (secondary N) is 2. The van der Waals surface area contributed by atoms with E-state index in [1.807, 2.05) is 79.7 Å². The highest BCUT2D eigenvalue weighted by atomic mass is 16.2. The number of hydrogen-bond acceptors (Lipinski definition) is 3. The van der Waals surface area contributed by atoms with Crippen molar-refractivity contribution in [3.63, 3.8) is 0 Å². The lowest BCUT2D eigenvalue weighted by atomic mass is 10.0. The predicted octanol–water partition coefficient (Wildman–Crippen LogP) is 4.90. The largest absolute Gasteiger partial charge is 0.289 e. The van der Waals surface area contributed by atoms with Gasteiger partial charge in [-0.2, -0.15) is 10.2 Å². The highest BCUT2D eigenvalue weighted by molar-refractivity contribution is 6.00. The Morgan fingerprint density at radius 3 is 2.10 bits per heavy atom. The quantitative estimate of drug-likeness (QED) is 0.382. The fourth-order valence-electron chi connectivity index (χ4n) is 2.99. The molecule has 5 nitrogen and oxygen atoms in total. The van der Waals surface area contributed by atoms with Gasteiger partial charge in [0.2, 0.25) is 0 Å². The Morgan fingerprint density at radius 1 is 0.828 bits per heavy atom. The van der Waals surface area contributed by atoms with E-state index in [1.54, 1.807) is 6.07 Å². The third-order valence-electron chi connectivity index (χ3n) is 4.63. The Labute approximate surface area is 169 Å². The zero-order chi connectivity index (χ0) is 20.1. The van der Waals surface area contributed by atoms with Gasteiger partial charge in [-0.15, -0.1) is 0 Å². The zero-order valence-corrected chi connectivity index (χ0v) is 16.0. The van der Waals surface area contributed by atoms with Gasteiger partial charge in [0.05, 0.1) is 11.4 Å². The second-order valence-corrected chi connectivity index (χ2v) is 6.61. The van der Waals surface area contributed by atoms with Crippen LogP contribution in [0.1, 0.15) is 23.0 Å². The first-order valence-corrected chi connectivity index (χ1v) is 9.32. The molecule has 1 aromatic heterocycles. The molecule has 0 saturated heterocycles. The second kappa shape index (κ2) is 8.35. The molecule has 0 saturated carbocycles. The van der Waals surface area contributed by atoms with Crippen LogP contribution in [0, 0.1) is 0 Å². The molecule has 4 rings (SSSR count). The fourth-order valence-corrected chi connectivity index (χ4v) is 2.99. The summed E-state index contributed by atoms with van der Waals surface area (Å²) in [5.41, 5.74) is 8.55. The third-order valence-corrected chi connectivity index (χ3v) is 4.63. The monoisotopic (exact) mass is 380 g/mol. The van der Waals surface area contributed by atoms with E-state index in [2.05, 4.69) is 32.9 Å². The van der Waals surface area contributed by atoms with Crippen LogP contribution in [-0.2, 0) is 0 Å². The van der Waals surface area contributed by atoms with E-state index in [9.17, 15) is 4.79 Å². The van der Waals surface area contributed by atoms with Gasteiger partial charge < -0.3 is 0 Å². The molecule has 142 valence electrons. The molecule has 0 spiro atoms. The van der Waals surface area contributed by atoms with E-state index < -0.39 is 0 Å². The van der Waals surface area contributed by atoms with E-state index in [0.717, 1.165) is 28.0 Å². The lowest BCUT2D eigenvalue weighted by molar-refractivity contribution is 0.0950. The lowest BCUT2D eigenvalue weighted by Gasteiger charge is -2.02. The van der Waals surface area contributed by atoms with E-state index in [1.165, 1.54) is 0 Å². The number of hydrogen-bond donors (Lipinski definition) is 2. The Hall–Kier alpha value is -3.99. The van der Waals surface area contributed by atoms with Crippen LogP contribution in [0.3, 0.4) is 0 Å². The van der Waals surface area contributed by atoms with Crippen molar-refractivity contribution in [1.82, 2.24) is 15.6 Å². The van der Waals surface area contributed by atoms with Crippen LogP contribution in [0.25, 0.3) is 22.4 Å². The first-order chi connectivity index (χ1) is 14.2. The molecule has 1 heterocycles. The van der Waals surface area contributed by atoms with E-state index in [-0.39, 0.29) is 5.91 Å². The van der Waals surface area contributed by atoms with Gasteiger partial charge in [-0.05, 0) is 29.7 Å². The number of carbonyl (C=O) groups excluding carboxylic acids is 1. The average molecular weight is 380 g/mol. The van der Waals surface area contributed by atoms with Crippen molar-refractivity contribution < 1.29 is 4.79 Å². The number of nitrogens with zero attached hydrogens (tertiary/aromatic N) is 2. The maximum atomic E-state index is 12.4. The zero-order valence-electron chi connectivity index (χ0n) is 16.0. The maximum absolute atomic E-state index is 12.4. The van der Waals surface area contributed by atoms with Gasteiger partial charge in [0.15, 0.2) is 0 Å². The van der Waals surface area contributed by atoms with Crippen LogP contribution in [0.4, 0.5) is 0 Å².